The average molecular weight is 783 g/mol. The van der Waals surface area contributed by atoms with E-state index in [0.717, 1.165) is 6.42 Å². The van der Waals surface area contributed by atoms with Gasteiger partial charge in [-0.15, -0.1) is 69.1 Å². The molecule has 0 N–H and O–H groups in total. The summed E-state index contributed by atoms with van der Waals surface area (Å²) in [6.07, 6.45) is 13.0. The molecule has 6 aromatic rings. The smallest absolute Gasteiger partial charge is 1.00 e. The van der Waals surface area contributed by atoms with Crippen molar-refractivity contribution in [3.8, 4) is 22.3 Å². The molecule has 0 unspecified atom stereocenters. The first-order chi connectivity index (χ1) is 23.0. The Kier molecular flexibility index (Phi) is 22.5. The number of rotatable bonds is 12. The summed E-state index contributed by atoms with van der Waals surface area (Å²) in [6.45, 7) is 15.7. The number of aryl methyl sites for hydroxylation is 4. The van der Waals surface area contributed by atoms with E-state index in [-0.39, 0.29) is 51.0 Å². The van der Waals surface area contributed by atoms with Crippen LogP contribution in [-0.2, 0) is 51.9 Å². The molecule has 0 radical (unpaired) electrons. The molecule has 50 heavy (non-hydrogen) atoms. The zero-order chi connectivity index (χ0) is 33.4. The van der Waals surface area contributed by atoms with E-state index >= 15 is 0 Å². The number of hydrogen-bond acceptors (Lipinski definition) is 0. The van der Waals surface area contributed by atoms with Crippen molar-refractivity contribution < 1.29 is 51.0 Å². The van der Waals surface area contributed by atoms with Crippen LogP contribution in [0.5, 0.6) is 0 Å². The van der Waals surface area contributed by atoms with Crippen molar-refractivity contribution in [3.05, 3.63) is 145 Å². The van der Waals surface area contributed by atoms with Gasteiger partial charge in [0.15, 0.2) is 0 Å². The Balaban J connectivity index is 0.000000439. The number of fused-ring (bicyclic) bond motifs is 2. The molecule has 266 valence electrons. The summed E-state index contributed by atoms with van der Waals surface area (Å²) in [4.78, 5) is 0. The van der Waals surface area contributed by atoms with Gasteiger partial charge in [-0.3, -0.25) is 0 Å². The second kappa shape index (κ2) is 24.7. The van der Waals surface area contributed by atoms with Crippen LogP contribution in [0.4, 0.5) is 0 Å². The van der Waals surface area contributed by atoms with Crippen LogP contribution >= 0.6 is 0 Å². The van der Waals surface area contributed by atoms with Crippen molar-refractivity contribution in [2.45, 2.75) is 98.3 Å². The van der Waals surface area contributed by atoms with Gasteiger partial charge in [-0.2, -0.15) is 12.1 Å². The van der Waals surface area contributed by atoms with Crippen LogP contribution in [0.3, 0.4) is 0 Å². The maximum Gasteiger partial charge on any atom is 2.00 e. The van der Waals surface area contributed by atoms with Gasteiger partial charge in [0.1, 0.15) is 0 Å². The topological polar surface area (TPSA) is 0 Å². The normalized spacial score (nSPS) is 10.2. The fraction of sp³-hybridized carbons (Fsp3) is 0.319. The molecule has 0 saturated heterocycles. The number of hydrogen-bond donors (Lipinski definition) is 0. The van der Waals surface area contributed by atoms with Gasteiger partial charge in [0.05, 0.1) is 0 Å². The van der Waals surface area contributed by atoms with E-state index in [1.54, 1.807) is 0 Å². The molecule has 0 amide bonds. The minimum Gasteiger partial charge on any atom is -1.00 e. The fourth-order valence-electron chi connectivity index (χ4n) is 6.43. The molecule has 0 heterocycles. The molecule has 0 aliphatic heterocycles. The number of halogens is 2. The van der Waals surface area contributed by atoms with Crippen LogP contribution in [0.15, 0.2) is 109 Å². The molecule has 6 rings (SSSR count). The van der Waals surface area contributed by atoms with Crippen LogP contribution in [0, 0.1) is 13.8 Å². The van der Waals surface area contributed by atoms with Crippen molar-refractivity contribution in [2.24, 2.45) is 0 Å². The summed E-state index contributed by atoms with van der Waals surface area (Å²) in [5.74, 6) is 0. The maximum absolute atomic E-state index is 3.38. The van der Waals surface area contributed by atoms with Gasteiger partial charge in [0, 0.05) is 0 Å². The van der Waals surface area contributed by atoms with Crippen LogP contribution in [0.1, 0.15) is 94.9 Å². The van der Waals surface area contributed by atoms with Gasteiger partial charge in [-0.25, -0.2) is 0 Å². The van der Waals surface area contributed by atoms with E-state index in [4.69, 9.17) is 0 Å². The summed E-state index contributed by atoms with van der Waals surface area (Å²) in [5, 5.41) is 5.55. The molecule has 6 aromatic carbocycles. The molecule has 0 fully saturated rings. The predicted octanol–water partition coefficient (Wildman–Crippen LogP) is 8.09. The third kappa shape index (κ3) is 13.0. The summed E-state index contributed by atoms with van der Waals surface area (Å²) in [7, 11) is 0. The Morgan fingerprint density at radius 2 is 0.840 bits per heavy atom. The van der Waals surface area contributed by atoms with E-state index in [1.165, 1.54) is 130 Å². The second-order valence-corrected chi connectivity index (χ2v) is 12.8. The molecule has 3 heteroatoms. The predicted molar refractivity (Wildman–Crippen MR) is 210 cm³/mol. The maximum atomic E-state index is 3.38. The molecule has 0 aliphatic carbocycles. The van der Waals surface area contributed by atoms with Crippen LogP contribution in [0.2, 0.25) is 0 Å². The van der Waals surface area contributed by atoms with Crippen molar-refractivity contribution >= 4 is 21.5 Å². The Hall–Kier alpha value is -2.44. The van der Waals surface area contributed by atoms with Gasteiger partial charge in [-0.1, -0.05) is 138 Å². The molecule has 0 aromatic heterocycles. The molecule has 0 saturated carbocycles. The Morgan fingerprint density at radius 3 is 1.16 bits per heavy atom. The third-order valence-electron chi connectivity index (χ3n) is 8.87. The Bertz CT molecular complexity index is 1620. The van der Waals surface area contributed by atoms with E-state index in [1.807, 2.05) is 0 Å². The van der Waals surface area contributed by atoms with E-state index in [2.05, 4.69) is 151 Å². The van der Waals surface area contributed by atoms with E-state index < -0.39 is 0 Å². The first-order valence-electron chi connectivity index (χ1n) is 18.2. The van der Waals surface area contributed by atoms with Crippen molar-refractivity contribution in [3.63, 3.8) is 0 Å². The summed E-state index contributed by atoms with van der Waals surface area (Å²) in [5.41, 5.74) is 11.2. The first kappa shape index (κ1) is 45.6. The zero-order valence-corrected chi connectivity index (χ0v) is 34.8. The summed E-state index contributed by atoms with van der Waals surface area (Å²) < 4.78 is 0. The Morgan fingerprint density at radius 1 is 0.480 bits per heavy atom. The largest absolute Gasteiger partial charge is 2.00 e. The monoisotopic (exact) mass is 780 g/mol. The molecule has 0 aliphatic rings. The summed E-state index contributed by atoms with van der Waals surface area (Å²) >= 11 is 0. The van der Waals surface area contributed by atoms with Gasteiger partial charge >= 0.3 is 26.2 Å². The molecular formula is C47H56Cl2Zr-4. The van der Waals surface area contributed by atoms with Crippen molar-refractivity contribution in [1.29, 1.82) is 0 Å². The molecular weight excluding hydrogens is 727 g/mol. The first-order valence-corrected chi connectivity index (χ1v) is 18.2. The van der Waals surface area contributed by atoms with Crippen molar-refractivity contribution in [1.82, 2.24) is 0 Å². The fourth-order valence-corrected chi connectivity index (χ4v) is 6.43. The minimum absolute atomic E-state index is 0. The molecule has 0 bridgehead atoms. The van der Waals surface area contributed by atoms with Crippen LogP contribution in [0.25, 0.3) is 43.8 Å². The van der Waals surface area contributed by atoms with Gasteiger partial charge in [-0.05, 0) is 47.9 Å². The summed E-state index contributed by atoms with van der Waals surface area (Å²) in [6, 6.07) is 41.0. The number of unbranched alkanes of at least 4 members (excludes halogenated alkanes) is 2. The SMILES string of the molecule is CCCCc1cc2c(-c3ccc(CCC)cc3)cccc2[cH-]1.CCCCc1cc2c(-c3ccc(CCC)cc3)cccc2[cH-]1.[CH2-]C[CH2-].[Cl-].[Cl-].[Zr+2]. The van der Waals surface area contributed by atoms with Crippen LogP contribution in [-0.4, -0.2) is 0 Å². The number of benzene rings is 4. The van der Waals surface area contributed by atoms with Crippen LogP contribution < -0.4 is 24.8 Å². The van der Waals surface area contributed by atoms with Gasteiger partial charge < -0.3 is 45.1 Å². The Labute approximate surface area is 336 Å². The average Bonchev–Trinajstić information content (AvgIpc) is 3.72. The second-order valence-electron chi connectivity index (χ2n) is 12.8. The van der Waals surface area contributed by atoms with Gasteiger partial charge in [0.25, 0.3) is 0 Å². The minimum atomic E-state index is 0. The van der Waals surface area contributed by atoms with Crippen molar-refractivity contribution in [2.75, 3.05) is 0 Å². The van der Waals surface area contributed by atoms with Gasteiger partial charge in [0.2, 0.25) is 0 Å². The quantitative estimate of drug-likeness (QED) is 0.110. The molecule has 0 spiro atoms. The van der Waals surface area contributed by atoms with E-state index in [0.29, 0.717) is 0 Å². The third-order valence-corrected chi connectivity index (χ3v) is 8.87. The van der Waals surface area contributed by atoms with E-state index in [9.17, 15) is 0 Å². The molecule has 0 atom stereocenters. The molecule has 0 nitrogen and oxygen atoms in total. The zero-order valence-electron chi connectivity index (χ0n) is 30.8. The standard InChI is InChI=1S/2C22H25.C3H6.2ClH.Zr/c2*1-3-5-8-18-15-20-9-6-10-21(22(20)16-18)19-13-11-17(7-4-2)12-14-19;1-3-2;;;/h2*6,9-16H,3-5,7-8H2,1-2H3;1-3H2;2*1H;/q2*-1;-2;;;+2/p-2.